The Hall–Kier alpha value is -1.08. The molecule has 0 unspecified atom stereocenters. The van der Waals surface area contributed by atoms with Crippen LogP contribution in [0.15, 0.2) is 6.20 Å². The third-order valence-corrected chi connectivity index (χ3v) is 2.52. The van der Waals surface area contributed by atoms with E-state index in [0.29, 0.717) is 0 Å². The lowest BCUT2D eigenvalue weighted by Crippen LogP contribution is -2.19. The number of aromatic nitrogens is 2. The first kappa shape index (κ1) is 16.0. The predicted molar refractivity (Wildman–Crippen MR) is 63.4 cm³/mol. The van der Waals surface area contributed by atoms with Gasteiger partial charge in [0.2, 0.25) is 0 Å². The van der Waals surface area contributed by atoms with Gasteiger partial charge in [-0.2, -0.15) is 18.3 Å². The first-order chi connectivity index (χ1) is 8.72. The number of ether oxygens (including phenoxy) is 1. The fourth-order valence-corrected chi connectivity index (χ4v) is 1.70. The lowest BCUT2D eigenvalue weighted by atomic mass is 10.2. The molecule has 0 aromatic carbocycles. The van der Waals surface area contributed by atoms with Crippen LogP contribution in [0.5, 0.6) is 0 Å². The SMILES string of the molecule is CC(C)n1ncc(Cl)c1C(=O)CCOCC(F)(F)F. The van der Waals surface area contributed by atoms with Crippen molar-refractivity contribution in [2.45, 2.75) is 32.5 Å². The van der Waals surface area contributed by atoms with Crippen molar-refractivity contribution < 1.29 is 22.7 Å². The minimum Gasteiger partial charge on any atom is -0.372 e. The molecule has 0 N–H and O–H groups in total. The summed E-state index contributed by atoms with van der Waals surface area (Å²) >= 11 is 5.84. The van der Waals surface area contributed by atoms with Crippen LogP contribution in [0.4, 0.5) is 13.2 Å². The number of halogens is 4. The minimum absolute atomic E-state index is 0.0671. The third-order valence-electron chi connectivity index (χ3n) is 2.24. The van der Waals surface area contributed by atoms with Crippen molar-refractivity contribution in [2.24, 2.45) is 0 Å². The molecule has 1 rings (SSSR count). The highest BCUT2D eigenvalue weighted by Crippen LogP contribution is 2.20. The Morgan fingerprint density at radius 3 is 2.68 bits per heavy atom. The first-order valence-electron chi connectivity index (χ1n) is 5.63. The van der Waals surface area contributed by atoms with Gasteiger partial charge in [-0.05, 0) is 13.8 Å². The van der Waals surface area contributed by atoms with Crippen LogP contribution in [0.3, 0.4) is 0 Å². The molecule has 108 valence electrons. The molecule has 8 heteroatoms. The summed E-state index contributed by atoms with van der Waals surface area (Å²) in [6, 6.07) is -0.0671. The number of nitrogens with zero attached hydrogens (tertiary/aromatic N) is 2. The van der Waals surface area contributed by atoms with Gasteiger partial charge in [-0.25, -0.2) is 0 Å². The normalized spacial score (nSPS) is 12.2. The van der Waals surface area contributed by atoms with E-state index in [2.05, 4.69) is 9.84 Å². The van der Waals surface area contributed by atoms with E-state index in [1.54, 1.807) is 0 Å². The van der Waals surface area contributed by atoms with E-state index in [1.807, 2.05) is 13.8 Å². The van der Waals surface area contributed by atoms with Crippen LogP contribution in [-0.4, -0.2) is 35.0 Å². The van der Waals surface area contributed by atoms with E-state index in [0.717, 1.165) is 0 Å². The van der Waals surface area contributed by atoms with Crippen molar-refractivity contribution in [3.8, 4) is 0 Å². The van der Waals surface area contributed by atoms with Crippen molar-refractivity contribution in [1.29, 1.82) is 0 Å². The van der Waals surface area contributed by atoms with Gasteiger partial charge in [0, 0.05) is 12.5 Å². The molecule has 4 nitrogen and oxygen atoms in total. The largest absolute Gasteiger partial charge is 0.411 e. The molecule has 0 fully saturated rings. The Kier molecular flexibility index (Phi) is 5.37. The standard InChI is InChI=1S/C11H14ClF3N2O2/c1-7(2)17-10(8(12)5-16-17)9(18)3-4-19-6-11(13,14)15/h5,7H,3-4,6H2,1-2H3. The molecule has 19 heavy (non-hydrogen) atoms. The van der Waals surface area contributed by atoms with E-state index >= 15 is 0 Å². The summed E-state index contributed by atoms with van der Waals surface area (Å²) in [5.74, 6) is -0.390. The predicted octanol–water partition coefficient (Wildman–Crippen LogP) is 3.27. The highest BCUT2D eigenvalue weighted by atomic mass is 35.5. The van der Waals surface area contributed by atoms with Crippen LogP contribution in [0.1, 0.15) is 36.8 Å². The molecular weight excluding hydrogens is 285 g/mol. The van der Waals surface area contributed by atoms with Gasteiger partial charge >= 0.3 is 6.18 Å². The zero-order valence-electron chi connectivity index (χ0n) is 10.5. The zero-order chi connectivity index (χ0) is 14.6. The second kappa shape index (κ2) is 6.38. The van der Waals surface area contributed by atoms with E-state index in [1.165, 1.54) is 10.9 Å². The van der Waals surface area contributed by atoms with Crippen LogP contribution in [-0.2, 0) is 4.74 Å². The van der Waals surface area contributed by atoms with E-state index in [4.69, 9.17) is 11.6 Å². The van der Waals surface area contributed by atoms with Crippen molar-refractivity contribution in [3.05, 3.63) is 16.9 Å². The number of rotatable bonds is 6. The number of hydrogen-bond acceptors (Lipinski definition) is 3. The van der Waals surface area contributed by atoms with E-state index in [-0.39, 0.29) is 29.8 Å². The molecule has 0 aliphatic heterocycles. The van der Waals surface area contributed by atoms with Gasteiger partial charge in [-0.15, -0.1) is 0 Å². The maximum absolute atomic E-state index is 11.9. The van der Waals surface area contributed by atoms with Crippen LogP contribution in [0, 0.1) is 0 Å². The minimum atomic E-state index is -4.39. The fourth-order valence-electron chi connectivity index (χ4n) is 1.46. The summed E-state index contributed by atoms with van der Waals surface area (Å²) in [7, 11) is 0. The number of carbonyl (C=O) groups excluding carboxylic acids is 1. The molecule has 1 aromatic heterocycles. The van der Waals surface area contributed by atoms with Crippen LogP contribution in [0.2, 0.25) is 5.02 Å². The highest BCUT2D eigenvalue weighted by molar-refractivity contribution is 6.33. The number of Topliss-reactive ketones (excluding diaryl/α,β-unsaturated/α-hetero) is 1. The Balaban J connectivity index is 2.57. The number of hydrogen-bond donors (Lipinski definition) is 0. The molecule has 0 saturated heterocycles. The first-order valence-corrected chi connectivity index (χ1v) is 6.01. The maximum atomic E-state index is 11.9. The molecule has 0 radical (unpaired) electrons. The molecule has 0 atom stereocenters. The summed E-state index contributed by atoms with van der Waals surface area (Å²) in [6.45, 7) is 1.97. The summed E-state index contributed by atoms with van der Waals surface area (Å²) in [5.41, 5.74) is 0.201. The molecular formula is C11H14ClF3N2O2. The summed E-state index contributed by atoms with van der Waals surface area (Å²) < 4.78 is 41.4. The Morgan fingerprint density at radius 2 is 2.16 bits per heavy atom. The number of carbonyl (C=O) groups is 1. The molecule has 0 spiro atoms. The van der Waals surface area contributed by atoms with Crippen molar-refractivity contribution in [3.63, 3.8) is 0 Å². The zero-order valence-corrected chi connectivity index (χ0v) is 11.3. The van der Waals surface area contributed by atoms with Gasteiger partial charge in [0.1, 0.15) is 12.3 Å². The summed E-state index contributed by atoms with van der Waals surface area (Å²) in [4.78, 5) is 11.9. The van der Waals surface area contributed by atoms with Gasteiger partial charge in [0.05, 0.1) is 17.8 Å². The average molecular weight is 299 g/mol. The second-order valence-electron chi connectivity index (χ2n) is 4.22. The number of ketones is 1. The quantitative estimate of drug-likeness (QED) is 0.598. The molecule has 0 aliphatic rings. The van der Waals surface area contributed by atoms with Crippen molar-refractivity contribution in [1.82, 2.24) is 9.78 Å². The summed E-state index contributed by atoms with van der Waals surface area (Å²) in [5, 5.41) is 4.14. The monoisotopic (exact) mass is 298 g/mol. The smallest absolute Gasteiger partial charge is 0.372 e. The second-order valence-corrected chi connectivity index (χ2v) is 4.63. The van der Waals surface area contributed by atoms with Crippen LogP contribution in [0.25, 0.3) is 0 Å². The molecule has 1 aromatic rings. The van der Waals surface area contributed by atoms with E-state index < -0.39 is 18.6 Å². The Morgan fingerprint density at radius 1 is 1.53 bits per heavy atom. The van der Waals surface area contributed by atoms with Gasteiger partial charge in [0.15, 0.2) is 5.78 Å². The fraction of sp³-hybridized carbons (Fsp3) is 0.636. The maximum Gasteiger partial charge on any atom is 0.411 e. The molecule has 0 saturated carbocycles. The van der Waals surface area contributed by atoms with Crippen LogP contribution >= 0.6 is 11.6 Å². The third kappa shape index (κ3) is 4.83. The van der Waals surface area contributed by atoms with Gasteiger partial charge in [0.25, 0.3) is 0 Å². The highest BCUT2D eigenvalue weighted by Gasteiger charge is 2.27. The molecule has 0 amide bonds. The Labute approximate surface area is 113 Å². The van der Waals surface area contributed by atoms with Gasteiger partial charge in [-0.1, -0.05) is 11.6 Å². The van der Waals surface area contributed by atoms with Gasteiger partial charge < -0.3 is 4.74 Å². The van der Waals surface area contributed by atoms with E-state index in [9.17, 15) is 18.0 Å². The summed E-state index contributed by atoms with van der Waals surface area (Å²) in [6.07, 6.45) is -3.22. The lowest BCUT2D eigenvalue weighted by Gasteiger charge is -2.11. The average Bonchev–Trinajstić information content (AvgIpc) is 2.65. The lowest BCUT2D eigenvalue weighted by molar-refractivity contribution is -0.173. The van der Waals surface area contributed by atoms with Crippen LogP contribution < -0.4 is 0 Å². The van der Waals surface area contributed by atoms with Crippen molar-refractivity contribution >= 4 is 17.4 Å². The molecule has 0 bridgehead atoms. The Bertz CT molecular complexity index is 444. The van der Waals surface area contributed by atoms with Gasteiger partial charge in [-0.3, -0.25) is 9.48 Å². The number of alkyl halides is 3. The van der Waals surface area contributed by atoms with Crippen molar-refractivity contribution in [2.75, 3.05) is 13.2 Å². The molecule has 0 aliphatic carbocycles. The topological polar surface area (TPSA) is 44.1 Å². The molecule has 1 heterocycles.